The van der Waals surface area contributed by atoms with Crippen molar-refractivity contribution in [3.8, 4) is 0 Å². The predicted molar refractivity (Wildman–Crippen MR) is 107 cm³/mol. The number of nitrogens with one attached hydrogen (secondary N) is 1. The normalized spacial score (nSPS) is 15.0. The van der Waals surface area contributed by atoms with Crippen LogP contribution in [0.2, 0.25) is 0 Å². The number of aryl methyl sites for hydroxylation is 1. The molecule has 1 aliphatic rings. The van der Waals surface area contributed by atoms with Gasteiger partial charge in [-0.3, -0.25) is 14.5 Å². The largest absolute Gasteiger partial charge is 0.342 e. The Morgan fingerprint density at radius 3 is 2.79 bits per heavy atom. The molecule has 1 aliphatic heterocycles. The number of imidazole rings is 1. The minimum absolute atomic E-state index is 0.0708. The summed E-state index contributed by atoms with van der Waals surface area (Å²) in [7, 11) is 1.84. The number of halogens is 1. The molecule has 7 nitrogen and oxygen atoms in total. The number of anilines is 1. The molecule has 0 saturated carbocycles. The Kier molecular flexibility index (Phi) is 5.39. The number of hydrogen-bond acceptors (Lipinski definition) is 5. The van der Waals surface area contributed by atoms with Crippen molar-refractivity contribution in [2.75, 3.05) is 11.4 Å². The first kappa shape index (κ1) is 19.3. The maximum absolute atomic E-state index is 13.3. The lowest BCUT2D eigenvalue weighted by Crippen LogP contribution is -2.32. The molecule has 150 valence electrons. The third-order valence-corrected chi connectivity index (χ3v) is 5.72. The summed E-state index contributed by atoms with van der Waals surface area (Å²) < 4.78 is 15.2. The lowest BCUT2D eigenvalue weighted by molar-refractivity contribution is -0.121. The van der Waals surface area contributed by atoms with Crippen LogP contribution in [0.15, 0.2) is 42.0 Å². The Labute approximate surface area is 171 Å². The molecule has 9 heteroatoms. The monoisotopic (exact) mass is 413 g/mol. The van der Waals surface area contributed by atoms with Crippen LogP contribution in [0.5, 0.6) is 0 Å². The summed E-state index contributed by atoms with van der Waals surface area (Å²) in [5.74, 6) is 0.144. The number of amides is 2. The van der Waals surface area contributed by atoms with Crippen molar-refractivity contribution >= 4 is 28.3 Å². The van der Waals surface area contributed by atoms with Crippen LogP contribution in [0.1, 0.15) is 36.0 Å². The average Bonchev–Trinajstić information content (AvgIpc) is 3.42. The first-order valence-corrected chi connectivity index (χ1v) is 10.2. The van der Waals surface area contributed by atoms with Crippen LogP contribution in [0.3, 0.4) is 0 Å². The summed E-state index contributed by atoms with van der Waals surface area (Å²) in [4.78, 5) is 35.1. The van der Waals surface area contributed by atoms with Crippen LogP contribution in [0.4, 0.5) is 9.52 Å². The van der Waals surface area contributed by atoms with E-state index in [1.54, 1.807) is 34.8 Å². The van der Waals surface area contributed by atoms with E-state index in [1.807, 2.05) is 11.6 Å². The summed E-state index contributed by atoms with van der Waals surface area (Å²) in [6, 6.07) is 5.47. The van der Waals surface area contributed by atoms with Crippen molar-refractivity contribution in [3.63, 3.8) is 0 Å². The van der Waals surface area contributed by atoms with Gasteiger partial charge in [0.15, 0.2) is 5.13 Å². The molecule has 0 radical (unpaired) electrons. The van der Waals surface area contributed by atoms with Crippen LogP contribution < -0.4 is 10.2 Å². The molecule has 3 heterocycles. The molecule has 1 saturated heterocycles. The number of carbonyl (C=O) groups is 2. The van der Waals surface area contributed by atoms with E-state index in [0.29, 0.717) is 29.6 Å². The Hall–Kier alpha value is -3.07. The second-order valence-corrected chi connectivity index (χ2v) is 7.73. The Balaban J connectivity index is 1.50. The predicted octanol–water partition coefficient (Wildman–Crippen LogP) is 2.59. The van der Waals surface area contributed by atoms with Gasteiger partial charge in [-0.25, -0.2) is 14.4 Å². The van der Waals surface area contributed by atoms with Crippen molar-refractivity contribution < 1.29 is 14.0 Å². The topological polar surface area (TPSA) is 80.1 Å². The maximum atomic E-state index is 13.3. The van der Waals surface area contributed by atoms with Crippen molar-refractivity contribution in [1.29, 1.82) is 0 Å². The highest BCUT2D eigenvalue weighted by atomic mass is 32.1. The van der Waals surface area contributed by atoms with Gasteiger partial charge in [-0.15, -0.1) is 11.3 Å². The third kappa shape index (κ3) is 4.19. The molecule has 0 bridgehead atoms. The summed E-state index contributed by atoms with van der Waals surface area (Å²) in [6.07, 6.45) is 4.89. The standard InChI is InChI=1S/C20H20FN5O2S/c1-25-10-8-22-19(25)18(13-4-6-14(21)7-5-13)24-16(27)11-15-12-29-20(23-15)26-9-2-3-17(26)28/h4-8,10,12,18H,2-3,9,11H2,1H3,(H,24,27). The highest BCUT2D eigenvalue weighted by molar-refractivity contribution is 7.14. The molecule has 1 unspecified atom stereocenters. The second-order valence-electron chi connectivity index (χ2n) is 6.90. The van der Waals surface area contributed by atoms with Gasteiger partial charge in [-0.2, -0.15) is 0 Å². The molecule has 0 spiro atoms. The number of aromatic nitrogens is 3. The third-order valence-electron chi connectivity index (χ3n) is 4.81. The van der Waals surface area contributed by atoms with E-state index >= 15 is 0 Å². The minimum Gasteiger partial charge on any atom is -0.342 e. The number of thiazole rings is 1. The van der Waals surface area contributed by atoms with Gasteiger partial charge in [0.05, 0.1) is 12.1 Å². The van der Waals surface area contributed by atoms with Crippen molar-refractivity contribution in [2.45, 2.75) is 25.3 Å². The van der Waals surface area contributed by atoms with E-state index in [2.05, 4.69) is 15.3 Å². The van der Waals surface area contributed by atoms with Crippen molar-refractivity contribution in [2.24, 2.45) is 7.05 Å². The lowest BCUT2D eigenvalue weighted by atomic mass is 10.1. The molecule has 2 amide bonds. The van der Waals surface area contributed by atoms with Crippen LogP contribution in [0, 0.1) is 5.82 Å². The van der Waals surface area contributed by atoms with E-state index in [0.717, 1.165) is 12.0 Å². The molecule has 1 N–H and O–H groups in total. The SMILES string of the molecule is Cn1ccnc1C(NC(=O)Cc1csc(N2CCCC2=O)n1)c1ccc(F)cc1. The fraction of sp³-hybridized carbons (Fsp3) is 0.300. The van der Waals surface area contributed by atoms with Gasteiger partial charge in [0.2, 0.25) is 11.8 Å². The Morgan fingerprint density at radius 2 is 2.14 bits per heavy atom. The number of nitrogens with zero attached hydrogens (tertiary/aromatic N) is 4. The molecular weight excluding hydrogens is 393 g/mol. The van der Waals surface area contributed by atoms with Crippen LogP contribution in [-0.2, 0) is 23.1 Å². The molecule has 4 rings (SSSR count). The molecular formula is C20H20FN5O2S. The average molecular weight is 413 g/mol. The maximum Gasteiger partial charge on any atom is 0.228 e. The van der Waals surface area contributed by atoms with Crippen LogP contribution >= 0.6 is 11.3 Å². The molecule has 3 aromatic rings. The van der Waals surface area contributed by atoms with E-state index < -0.39 is 6.04 Å². The number of hydrogen-bond donors (Lipinski definition) is 1. The smallest absolute Gasteiger partial charge is 0.228 e. The summed E-state index contributed by atoms with van der Waals surface area (Å²) in [6.45, 7) is 0.670. The summed E-state index contributed by atoms with van der Waals surface area (Å²) >= 11 is 1.37. The van der Waals surface area contributed by atoms with Gasteiger partial charge in [-0.05, 0) is 24.1 Å². The highest BCUT2D eigenvalue weighted by Gasteiger charge is 2.25. The van der Waals surface area contributed by atoms with E-state index in [-0.39, 0.29) is 24.1 Å². The van der Waals surface area contributed by atoms with Crippen molar-refractivity contribution in [3.05, 3.63) is 64.9 Å². The molecule has 1 fully saturated rings. The summed E-state index contributed by atoms with van der Waals surface area (Å²) in [5.41, 5.74) is 1.34. The van der Waals surface area contributed by atoms with E-state index in [9.17, 15) is 14.0 Å². The van der Waals surface area contributed by atoms with Crippen LogP contribution in [-0.4, -0.2) is 32.9 Å². The van der Waals surface area contributed by atoms with Gasteiger partial charge in [0.25, 0.3) is 0 Å². The molecule has 29 heavy (non-hydrogen) atoms. The Bertz CT molecular complexity index is 1030. The minimum atomic E-state index is -0.513. The first-order chi connectivity index (χ1) is 14.0. The second kappa shape index (κ2) is 8.12. The quantitative estimate of drug-likeness (QED) is 0.674. The van der Waals surface area contributed by atoms with Gasteiger partial charge >= 0.3 is 0 Å². The molecule has 1 atom stereocenters. The van der Waals surface area contributed by atoms with E-state index in [1.165, 1.54) is 23.5 Å². The zero-order chi connectivity index (χ0) is 20.4. The number of rotatable bonds is 6. The molecule has 0 aliphatic carbocycles. The molecule has 1 aromatic carbocycles. The van der Waals surface area contributed by atoms with Gasteiger partial charge in [0, 0.05) is 37.8 Å². The fourth-order valence-corrected chi connectivity index (χ4v) is 4.20. The molecule has 2 aromatic heterocycles. The number of benzene rings is 1. The Morgan fingerprint density at radius 1 is 1.34 bits per heavy atom. The summed E-state index contributed by atoms with van der Waals surface area (Å²) in [5, 5.41) is 5.41. The van der Waals surface area contributed by atoms with E-state index in [4.69, 9.17) is 0 Å². The van der Waals surface area contributed by atoms with Gasteiger partial charge in [0.1, 0.15) is 17.7 Å². The van der Waals surface area contributed by atoms with Gasteiger partial charge in [-0.1, -0.05) is 12.1 Å². The first-order valence-electron chi connectivity index (χ1n) is 9.28. The lowest BCUT2D eigenvalue weighted by Gasteiger charge is -2.19. The zero-order valence-electron chi connectivity index (χ0n) is 15.8. The fourth-order valence-electron chi connectivity index (χ4n) is 3.34. The number of carbonyl (C=O) groups excluding carboxylic acids is 2. The highest BCUT2D eigenvalue weighted by Crippen LogP contribution is 2.26. The zero-order valence-corrected chi connectivity index (χ0v) is 16.7. The van der Waals surface area contributed by atoms with Crippen LogP contribution in [0.25, 0.3) is 0 Å². The van der Waals surface area contributed by atoms with Crippen molar-refractivity contribution in [1.82, 2.24) is 19.9 Å². The van der Waals surface area contributed by atoms with Gasteiger partial charge < -0.3 is 9.88 Å².